The number of nitrogens with one attached hydrogen (secondary N) is 1. The van der Waals surface area contributed by atoms with Gasteiger partial charge in [0.1, 0.15) is 10.8 Å². The van der Waals surface area contributed by atoms with Crippen LogP contribution in [0.3, 0.4) is 0 Å². The van der Waals surface area contributed by atoms with Gasteiger partial charge in [-0.2, -0.15) is 0 Å². The molecule has 0 radical (unpaired) electrons. The van der Waals surface area contributed by atoms with E-state index < -0.39 is 10.8 Å². The molecule has 0 fully saturated rings. The predicted molar refractivity (Wildman–Crippen MR) is 100 cm³/mol. The molecule has 2 aromatic carbocycles. The van der Waals surface area contributed by atoms with Crippen molar-refractivity contribution < 1.29 is 14.5 Å². The van der Waals surface area contributed by atoms with E-state index in [0.717, 1.165) is 17.4 Å². The second-order valence-electron chi connectivity index (χ2n) is 5.14. The molecular formula is C17H12ClN3O4S. The number of thiazole rings is 1. The number of ether oxygens (including phenoxy) is 1. The van der Waals surface area contributed by atoms with Crippen molar-refractivity contribution in [3.8, 4) is 17.0 Å². The molecule has 26 heavy (non-hydrogen) atoms. The van der Waals surface area contributed by atoms with Gasteiger partial charge in [0.2, 0.25) is 0 Å². The van der Waals surface area contributed by atoms with Crippen molar-refractivity contribution in [2.75, 3.05) is 12.4 Å². The highest BCUT2D eigenvalue weighted by atomic mass is 35.5. The summed E-state index contributed by atoms with van der Waals surface area (Å²) in [5.74, 6) is 0.238. The average molecular weight is 390 g/mol. The van der Waals surface area contributed by atoms with E-state index >= 15 is 0 Å². The molecule has 0 aliphatic carbocycles. The van der Waals surface area contributed by atoms with Crippen LogP contribution in [0.5, 0.6) is 5.75 Å². The standard InChI is InChI=1S/C17H12ClN3O4S/c1-25-12-5-2-10(3-6-12)14-9-26-17(19-14)20-16(22)11-4-7-13(18)15(8-11)21(23)24/h2-9H,1H3,(H,19,20,22). The molecule has 132 valence electrons. The normalized spacial score (nSPS) is 10.4. The van der Waals surface area contributed by atoms with E-state index in [4.69, 9.17) is 16.3 Å². The SMILES string of the molecule is COc1ccc(-c2csc(NC(=O)c3ccc(Cl)c([N+](=O)[O-])c3)n2)cc1. The van der Waals surface area contributed by atoms with E-state index in [-0.39, 0.29) is 16.3 Å². The fraction of sp³-hybridized carbons (Fsp3) is 0.0588. The van der Waals surface area contributed by atoms with Gasteiger partial charge in [-0.3, -0.25) is 20.2 Å². The zero-order valence-electron chi connectivity index (χ0n) is 13.4. The Balaban J connectivity index is 1.77. The van der Waals surface area contributed by atoms with Crippen molar-refractivity contribution in [3.05, 3.63) is 68.5 Å². The van der Waals surface area contributed by atoms with E-state index in [2.05, 4.69) is 10.3 Å². The molecular weight excluding hydrogens is 378 g/mol. The van der Waals surface area contributed by atoms with E-state index in [1.165, 1.54) is 23.5 Å². The first-order valence-electron chi connectivity index (χ1n) is 7.33. The maximum Gasteiger partial charge on any atom is 0.288 e. The maximum absolute atomic E-state index is 12.3. The minimum absolute atomic E-state index is 0.0254. The van der Waals surface area contributed by atoms with Crippen LogP contribution in [0, 0.1) is 10.1 Å². The number of halogens is 1. The Morgan fingerprint density at radius 2 is 2.00 bits per heavy atom. The van der Waals surface area contributed by atoms with Crippen molar-refractivity contribution >= 4 is 39.7 Å². The summed E-state index contributed by atoms with van der Waals surface area (Å²) in [6, 6.07) is 11.2. The van der Waals surface area contributed by atoms with Crippen molar-refractivity contribution in [3.63, 3.8) is 0 Å². The van der Waals surface area contributed by atoms with Crippen LogP contribution < -0.4 is 10.1 Å². The number of amides is 1. The first-order chi connectivity index (χ1) is 12.5. The van der Waals surface area contributed by atoms with Crippen LogP contribution in [0.1, 0.15) is 10.4 Å². The number of carbonyl (C=O) groups is 1. The van der Waals surface area contributed by atoms with E-state index in [1.807, 2.05) is 29.6 Å². The van der Waals surface area contributed by atoms with Crippen molar-refractivity contribution in [2.45, 2.75) is 0 Å². The van der Waals surface area contributed by atoms with Crippen LogP contribution in [-0.2, 0) is 0 Å². The van der Waals surface area contributed by atoms with Gasteiger partial charge >= 0.3 is 0 Å². The number of rotatable bonds is 5. The Labute approximate surface area is 157 Å². The third-order valence-electron chi connectivity index (χ3n) is 3.52. The summed E-state index contributed by atoms with van der Waals surface area (Å²) in [6.07, 6.45) is 0. The summed E-state index contributed by atoms with van der Waals surface area (Å²) >= 11 is 7.01. The van der Waals surface area contributed by atoms with Crippen LogP contribution in [0.25, 0.3) is 11.3 Å². The minimum atomic E-state index is -0.635. The molecule has 0 unspecified atom stereocenters. The molecule has 0 saturated heterocycles. The third kappa shape index (κ3) is 3.81. The van der Waals surface area contributed by atoms with Gasteiger partial charge in [0.15, 0.2) is 5.13 Å². The average Bonchev–Trinajstić information content (AvgIpc) is 3.10. The van der Waals surface area contributed by atoms with Gasteiger partial charge in [0.25, 0.3) is 11.6 Å². The fourth-order valence-electron chi connectivity index (χ4n) is 2.19. The Morgan fingerprint density at radius 3 is 2.65 bits per heavy atom. The zero-order valence-corrected chi connectivity index (χ0v) is 15.0. The van der Waals surface area contributed by atoms with E-state index in [0.29, 0.717) is 10.8 Å². The molecule has 1 N–H and O–H groups in total. The fourth-order valence-corrected chi connectivity index (χ4v) is 3.09. The topological polar surface area (TPSA) is 94.4 Å². The summed E-state index contributed by atoms with van der Waals surface area (Å²) in [5.41, 5.74) is 1.39. The van der Waals surface area contributed by atoms with Gasteiger partial charge in [-0.05, 0) is 36.4 Å². The van der Waals surface area contributed by atoms with Crippen LogP contribution in [0.2, 0.25) is 5.02 Å². The molecule has 0 aliphatic rings. The third-order valence-corrected chi connectivity index (χ3v) is 4.59. The largest absolute Gasteiger partial charge is 0.497 e. The molecule has 1 amide bonds. The Morgan fingerprint density at radius 1 is 1.27 bits per heavy atom. The van der Waals surface area contributed by atoms with Gasteiger partial charge < -0.3 is 4.74 Å². The lowest BCUT2D eigenvalue weighted by atomic mass is 10.2. The lowest BCUT2D eigenvalue weighted by Crippen LogP contribution is -2.12. The summed E-state index contributed by atoms with van der Waals surface area (Å²) in [4.78, 5) is 27.0. The molecule has 0 aliphatic heterocycles. The number of nitro groups is 1. The highest BCUT2D eigenvalue weighted by Crippen LogP contribution is 2.28. The number of hydrogen-bond donors (Lipinski definition) is 1. The number of hydrogen-bond acceptors (Lipinski definition) is 6. The number of aromatic nitrogens is 1. The van der Waals surface area contributed by atoms with E-state index in [9.17, 15) is 14.9 Å². The summed E-state index contributed by atoms with van der Waals surface area (Å²) in [6.45, 7) is 0. The Kier molecular flexibility index (Phi) is 5.15. The minimum Gasteiger partial charge on any atom is -0.497 e. The molecule has 7 nitrogen and oxygen atoms in total. The van der Waals surface area contributed by atoms with Crippen LogP contribution in [0.15, 0.2) is 47.8 Å². The van der Waals surface area contributed by atoms with Gasteiger partial charge in [0.05, 0.1) is 17.7 Å². The molecule has 0 spiro atoms. The van der Waals surface area contributed by atoms with E-state index in [1.54, 1.807) is 7.11 Å². The summed E-state index contributed by atoms with van der Waals surface area (Å²) in [7, 11) is 1.59. The highest BCUT2D eigenvalue weighted by molar-refractivity contribution is 7.14. The summed E-state index contributed by atoms with van der Waals surface area (Å²) in [5, 5.41) is 15.7. The maximum atomic E-state index is 12.3. The first kappa shape index (κ1) is 17.8. The molecule has 3 rings (SSSR count). The molecule has 1 heterocycles. The van der Waals surface area contributed by atoms with Crippen LogP contribution >= 0.6 is 22.9 Å². The Bertz CT molecular complexity index is 972. The summed E-state index contributed by atoms with van der Waals surface area (Å²) < 4.78 is 5.11. The molecule has 0 saturated carbocycles. The van der Waals surface area contributed by atoms with Crippen molar-refractivity contribution in [2.24, 2.45) is 0 Å². The quantitative estimate of drug-likeness (QED) is 0.507. The second-order valence-corrected chi connectivity index (χ2v) is 6.41. The smallest absolute Gasteiger partial charge is 0.288 e. The monoisotopic (exact) mass is 389 g/mol. The van der Waals surface area contributed by atoms with Gasteiger partial charge in [-0.15, -0.1) is 11.3 Å². The van der Waals surface area contributed by atoms with Crippen molar-refractivity contribution in [1.29, 1.82) is 0 Å². The van der Waals surface area contributed by atoms with Crippen molar-refractivity contribution in [1.82, 2.24) is 4.98 Å². The molecule has 0 bridgehead atoms. The lowest BCUT2D eigenvalue weighted by Gasteiger charge is -2.03. The number of nitro benzene ring substituents is 1. The van der Waals surface area contributed by atoms with Gasteiger partial charge in [0, 0.05) is 22.6 Å². The first-order valence-corrected chi connectivity index (χ1v) is 8.59. The number of methoxy groups -OCH3 is 1. The van der Waals surface area contributed by atoms with Gasteiger partial charge in [-0.1, -0.05) is 11.6 Å². The van der Waals surface area contributed by atoms with Gasteiger partial charge in [-0.25, -0.2) is 4.98 Å². The molecule has 1 aromatic heterocycles. The predicted octanol–water partition coefficient (Wildman–Crippen LogP) is 4.63. The number of benzene rings is 2. The van der Waals surface area contributed by atoms with Crippen LogP contribution in [0.4, 0.5) is 10.8 Å². The number of nitrogens with zero attached hydrogens (tertiary/aromatic N) is 2. The second kappa shape index (κ2) is 7.51. The number of carbonyl (C=O) groups excluding carboxylic acids is 1. The van der Waals surface area contributed by atoms with Crippen LogP contribution in [-0.4, -0.2) is 22.9 Å². The number of anilines is 1. The highest BCUT2D eigenvalue weighted by Gasteiger charge is 2.17. The zero-order chi connectivity index (χ0) is 18.7. The lowest BCUT2D eigenvalue weighted by molar-refractivity contribution is -0.384. The molecule has 0 atom stereocenters. The molecule has 3 aromatic rings. The molecule has 9 heteroatoms. The Hall–Kier alpha value is -2.97.